The van der Waals surface area contributed by atoms with Crippen LogP contribution in [0.15, 0.2) is 36.4 Å². The average Bonchev–Trinajstić information content (AvgIpc) is 2.54. The second-order valence-electron chi connectivity index (χ2n) is 6.80. The van der Waals surface area contributed by atoms with Crippen molar-refractivity contribution in [1.82, 2.24) is 0 Å². The van der Waals surface area contributed by atoms with Crippen LogP contribution in [0.3, 0.4) is 0 Å². The van der Waals surface area contributed by atoms with Crippen LogP contribution < -0.4 is 0 Å². The number of hydrogen-bond donors (Lipinski definition) is 3. The van der Waals surface area contributed by atoms with Gasteiger partial charge in [0.2, 0.25) is 0 Å². The van der Waals surface area contributed by atoms with Gasteiger partial charge in [0.1, 0.15) is 17.2 Å². The van der Waals surface area contributed by atoms with Gasteiger partial charge >= 0.3 is 0 Å². The van der Waals surface area contributed by atoms with Crippen LogP contribution in [-0.4, -0.2) is 15.3 Å². The van der Waals surface area contributed by atoms with Gasteiger partial charge in [0.15, 0.2) is 0 Å². The highest BCUT2D eigenvalue weighted by Gasteiger charge is 2.05. The van der Waals surface area contributed by atoms with Gasteiger partial charge in [0.05, 0.1) is 0 Å². The van der Waals surface area contributed by atoms with Crippen LogP contribution in [0.25, 0.3) is 0 Å². The average molecular weight is 344 g/mol. The van der Waals surface area contributed by atoms with Crippen LogP contribution in [0.4, 0.5) is 0 Å². The maximum atomic E-state index is 9.49. The van der Waals surface area contributed by atoms with Crippen LogP contribution in [0.1, 0.15) is 69.1 Å². The molecule has 2 rings (SSSR count). The van der Waals surface area contributed by atoms with Crippen molar-refractivity contribution in [2.24, 2.45) is 0 Å². The fourth-order valence-corrected chi connectivity index (χ4v) is 2.69. The Hall–Kier alpha value is -2.16. The highest BCUT2D eigenvalue weighted by atomic mass is 16.3. The molecule has 0 saturated carbocycles. The van der Waals surface area contributed by atoms with Gasteiger partial charge < -0.3 is 15.3 Å². The fraction of sp³-hybridized carbons (Fsp3) is 0.455. The third-order valence-corrected chi connectivity index (χ3v) is 4.21. The number of unbranched alkanes of at least 4 members (excludes halogenated alkanes) is 3. The van der Waals surface area contributed by atoms with Crippen molar-refractivity contribution in [3.8, 4) is 17.2 Å². The van der Waals surface area contributed by atoms with E-state index in [2.05, 4.69) is 20.8 Å². The predicted molar refractivity (Wildman–Crippen MR) is 105 cm³/mol. The first-order chi connectivity index (χ1) is 11.9. The van der Waals surface area contributed by atoms with Crippen LogP contribution in [-0.2, 0) is 6.42 Å². The molecule has 0 radical (unpaired) electrons. The number of benzene rings is 2. The number of aryl methyl sites for hydroxylation is 1. The molecule has 0 aliphatic rings. The van der Waals surface area contributed by atoms with E-state index in [-0.39, 0.29) is 11.5 Å². The van der Waals surface area contributed by atoms with Gasteiger partial charge in [0, 0.05) is 5.56 Å². The van der Waals surface area contributed by atoms with Crippen molar-refractivity contribution in [3.63, 3.8) is 0 Å². The summed E-state index contributed by atoms with van der Waals surface area (Å²) in [5.74, 6) is 1.23. The van der Waals surface area contributed by atoms with E-state index in [1.54, 1.807) is 24.3 Å². The van der Waals surface area contributed by atoms with Crippen molar-refractivity contribution in [2.45, 2.75) is 65.7 Å². The topological polar surface area (TPSA) is 60.7 Å². The molecular weight excluding hydrogens is 312 g/mol. The first-order valence-corrected chi connectivity index (χ1v) is 9.16. The van der Waals surface area contributed by atoms with Crippen molar-refractivity contribution in [1.29, 1.82) is 0 Å². The number of phenolic OH excluding ortho intramolecular Hbond substituents is 3. The molecule has 0 heterocycles. The van der Waals surface area contributed by atoms with E-state index in [1.807, 2.05) is 19.1 Å². The van der Waals surface area contributed by atoms with Crippen LogP contribution in [0.5, 0.6) is 17.2 Å². The smallest absolute Gasteiger partial charge is 0.122 e. The molecule has 0 aliphatic heterocycles. The summed E-state index contributed by atoms with van der Waals surface area (Å²) in [7, 11) is 0. The minimum Gasteiger partial charge on any atom is -0.508 e. The standard InChI is InChI=1S/C12H18O2.C10H14O/c1-2-3-4-5-7-10-11(13)8-6-9-12(10)14;1-7(2)9-5-4-8(3)6-10(9)11/h6,8-9,13-14H,2-5,7H2,1H3;4-7,11H,1-3H3. The third-order valence-electron chi connectivity index (χ3n) is 4.21. The highest BCUT2D eigenvalue weighted by Crippen LogP contribution is 2.28. The molecule has 138 valence electrons. The molecule has 25 heavy (non-hydrogen) atoms. The lowest BCUT2D eigenvalue weighted by Gasteiger charge is -2.07. The second kappa shape index (κ2) is 10.7. The molecule has 0 saturated heterocycles. The summed E-state index contributed by atoms with van der Waals surface area (Å²) < 4.78 is 0. The zero-order valence-corrected chi connectivity index (χ0v) is 15.9. The molecule has 3 N–H and O–H groups in total. The molecule has 0 unspecified atom stereocenters. The molecule has 3 heteroatoms. The van der Waals surface area contributed by atoms with Gasteiger partial charge in [-0.25, -0.2) is 0 Å². The van der Waals surface area contributed by atoms with E-state index < -0.39 is 0 Å². The van der Waals surface area contributed by atoms with Crippen molar-refractivity contribution in [2.75, 3.05) is 0 Å². The van der Waals surface area contributed by atoms with Crippen LogP contribution in [0, 0.1) is 6.92 Å². The Morgan fingerprint density at radius 2 is 1.48 bits per heavy atom. The van der Waals surface area contributed by atoms with Crippen LogP contribution >= 0.6 is 0 Å². The van der Waals surface area contributed by atoms with E-state index in [0.717, 1.165) is 30.4 Å². The summed E-state index contributed by atoms with van der Waals surface area (Å²) in [6, 6.07) is 10.7. The molecule has 0 bridgehead atoms. The lowest BCUT2D eigenvalue weighted by atomic mass is 10.0. The second-order valence-corrected chi connectivity index (χ2v) is 6.80. The van der Waals surface area contributed by atoms with E-state index in [9.17, 15) is 15.3 Å². The lowest BCUT2D eigenvalue weighted by Crippen LogP contribution is -1.87. The Kier molecular flexibility index (Phi) is 8.90. The number of hydrogen-bond acceptors (Lipinski definition) is 3. The van der Waals surface area contributed by atoms with E-state index in [0.29, 0.717) is 17.2 Å². The minimum atomic E-state index is 0.210. The Morgan fingerprint density at radius 1 is 0.840 bits per heavy atom. The molecule has 0 fully saturated rings. The molecule has 2 aromatic rings. The zero-order chi connectivity index (χ0) is 18.8. The fourth-order valence-electron chi connectivity index (χ4n) is 2.69. The van der Waals surface area contributed by atoms with Gasteiger partial charge in [-0.15, -0.1) is 0 Å². The number of phenols is 3. The predicted octanol–water partition coefficient (Wildman–Crippen LogP) is 6.04. The van der Waals surface area contributed by atoms with Crippen molar-refractivity contribution in [3.05, 3.63) is 53.1 Å². The highest BCUT2D eigenvalue weighted by molar-refractivity contribution is 5.42. The van der Waals surface area contributed by atoms with Gasteiger partial charge in [-0.1, -0.05) is 58.2 Å². The molecule has 3 nitrogen and oxygen atoms in total. The molecule has 0 aliphatic carbocycles. The number of aromatic hydroxyl groups is 3. The first kappa shape index (κ1) is 20.9. The lowest BCUT2D eigenvalue weighted by molar-refractivity contribution is 0.436. The monoisotopic (exact) mass is 344 g/mol. The molecule has 0 spiro atoms. The zero-order valence-electron chi connectivity index (χ0n) is 15.9. The van der Waals surface area contributed by atoms with E-state index >= 15 is 0 Å². The molecule has 0 atom stereocenters. The Balaban J connectivity index is 0.000000257. The van der Waals surface area contributed by atoms with Gasteiger partial charge in [-0.3, -0.25) is 0 Å². The summed E-state index contributed by atoms with van der Waals surface area (Å²) in [6.07, 6.45) is 5.36. The largest absolute Gasteiger partial charge is 0.508 e. The normalized spacial score (nSPS) is 10.4. The summed E-state index contributed by atoms with van der Waals surface area (Å²) >= 11 is 0. The molecular formula is C22H32O3. The summed E-state index contributed by atoms with van der Waals surface area (Å²) in [6.45, 7) is 8.29. The summed E-state index contributed by atoms with van der Waals surface area (Å²) in [5, 5.41) is 28.4. The van der Waals surface area contributed by atoms with Gasteiger partial charge in [-0.2, -0.15) is 0 Å². The van der Waals surface area contributed by atoms with E-state index in [1.165, 1.54) is 12.8 Å². The Labute approximate surface area is 152 Å². The van der Waals surface area contributed by atoms with Crippen LogP contribution in [0.2, 0.25) is 0 Å². The number of rotatable bonds is 6. The SMILES string of the molecule is CCCCCCc1c(O)cccc1O.Cc1ccc(C(C)C)c(O)c1. The van der Waals surface area contributed by atoms with Gasteiger partial charge in [0.25, 0.3) is 0 Å². The summed E-state index contributed by atoms with van der Waals surface area (Å²) in [4.78, 5) is 0. The van der Waals surface area contributed by atoms with E-state index in [4.69, 9.17) is 0 Å². The quantitative estimate of drug-likeness (QED) is 0.559. The molecule has 0 amide bonds. The van der Waals surface area contributed by atoms with Gasteiger partial charge in [-0.05, 0) is 55.0 Å². The first-order valence-electron chi connectivity index (χ1n) is 9.16. The Bertz CT molecular complexity index is 627. The summed E-state index contributed by atoms with van der Waals surface area (Å²) in [5.41, 5.74) is 2.81. The van der Waals surface area contributed by atoms with Crippen molar-refractivity contribution < 1.29 is 15.3 Å². The van der Waals surface area contributed by atoms with Crippen molar-refractivity contribution >= 4 is 0 Å². The third kappa shape index (κ3) is 7.08. The maximum Gasteiger partial charge on any atom is 0.122 e. The molecule has 0 aromatic heterocycles. The molecule has 2 aromatic carbocycles. The minimum absolute atomic E-state index is 0.210. The maximum absolute atomic E-state index is 9.49. The Morgan fingerprint density at radius 3 is 2.00 bits per heavy atom.